The molecule has 0 saturated heterocycles. The van der Waals surface area contributed by atoms with E-state index in [0.29, 0.717) is 41.3 Å². The number of rotatable bonds is 3. The topological polar surface area (TPSA) is 68.3 Å². The molecule has 170 valence electrons. The van der Waals surface area contributed by atoms with E-state index in [1.807, 2.05) is 4.90 Å². The third kappa shape index (κ3) is 3.32. The van der Waals surface area contributed by atoms with Gasteiger partial charge in [0.25, 0.3) is 11.7 Å². The van der Waals surface area contributed by atoms with Crippen molar-refractivity contribution in [3.63, 3.8) is 0 Å². The highest BCUT2D eigenvalue weighted by atomic mass is 19.4. The minimum absolute atomic E-state index is 0.0741. The first-order chi connectivity index (χ1) is 15.0. The molecule has 1 unspecified atom stereocenters. The fourth-order valence-corrected chi connectivity index (χ4v) is 4.14. The molecular formula is C20H19F5N6O. The van der Waals surface area contributed by atoms with E-state index < -0.39 is 29.3 Å². The fraction of sp³-hybridized carbons (Fsp3) is 0.500. The minimum atomic E-state index is -4.49. The van der Waals surface area contributed by atoms with Crippen LogP contribution in [-0.2, 0) is 25.7 Å². The third-order valence-electron chi connectivity index (χ3n) is 6.26. The van der Waals surface area contributed by atoms with E-state index >= 15 is 0 Å². The smallest absolute Gasteiger partial charge is 0.351 e. The third-order valence-corrected chi connectivity index (χ3v) is 6.26. The first-order valence-electron chi connectivity index (χ1n) is 10.1. The van der Waals surface area contributed by atoms with Gasteiger partial charge in [-0.25, -0.2) is 22.7 Å². The predicted octanol–water partition coefficient (Wildman–Crippen LogP) is 3.14. The van der Waals surface area contributed by atoms with Crippen LogP contribution in [0.3, 0.4) is 0 Å². The number of halogens is 5. The standard InChI is InChI=1S/C20H19F5N6O/c1-10-11(2)31-17(28-30(18(31)32)9-14-6-19(14,21)22)27-16(10)29-4-3-15-12(8-29)5-13(7-26-15)20(23,24)25/h5,7,14H,3-4,6,8-9H2,1-2H3. The Morgan fingerprint density at radius 3 is 2.62 bits per heavy atom. The number of aryl methyl sites for hydroxylation is 1. The highest BCUT2D eigenvalue weighted by Crippen LogP contribution is 2.49. The van der Waals surface area contributed by atoms with Crippen molar-refractivity contribution in [2.45, 2.75) is 51.9 Å². The van der Waals surface area contributed by atoms with Crippen LogP contribution >= 0.6 is 0 Å². The number of anilines is 1. The molecule has 0 radical (unpaired) electrons. The van der Waals surface area contributed by atoms with Gasteiger partial charge in [-0.05, 0) is 25.5 Å². The van der Waals surface area contributed by atoms with Gasteiger partial charge in [-0.2, -0.15) is 18.2 Å². The van der Waals surface area contributed by atoms with Gasteiger partial charge in [0, 0.05) is 55.0 Å². The van der Waals surface area contributed by atoms with Crippen LogP contribution in [0.5, 0.6) is 0 Å². The van der Waals surface area contributed by atoms with Crippen LogP contribution in [0.15, 0.2) is 17.1 Å². The quantitative estimate of drug-likeness (QED) is 0.569. The second-order valence-electron chi connectivity index (χ2n) is 8.41. The zero-order valence-corrected chi connectivity index (χ0v) is 17.2. The van der Waals surface area contributed by atoms with Crippen LogP contribution in [0.2, 0.25) is 0 Å². The van der Waals surface area contributed by atoms with Gasteiger partial charge in [0.15, 0.2) is 0 Å². The summed E-state index contributed by atoms with van der Waals surface area (Å²) < 4.78 is 68.2. The molecule has 1 fully saturated rings. The molecule has 0 amide bonds. The van der Waals surface area contributed by atoms with Crippen molar-refractivity contribution < 1.29 is 22.0 Å². The monoisotopic (exact) mass is 454 g/mol. The number of fused-ring (bicyclic) bond motifs is 2. The van der Waals surface area contributed by atoms with E-state index in [9.17, 15) is 26.7 Å². The molecule has 5 rings (SSSR count). The Balaban J connectivity index is 1.51. The van der Waals surface area contributed by atoms with Gasteiger partial charge in [0.2, 0.25) is 0 Å². The highest BCUT2D eigenvalue weighted by Gasteiger charge is 2.57. The van der Waals surface area contributed by atoms with Crippen molar-refractivity contribution in [1.29, 1.82) is 0 Å². The van der Waals surface area contributed by atoms with E-state index in [-0.39, 0.29) is 25.3 Å². The van der Waals surface area contributed by atoms with E-state index in [2.05, 4.69) is 15.1 Å². The maximum atomic E-state index is 13.3. The number of alkyl halides is 5. The van der Waals surface area contributed by atoms with Crippen LogP contribution in [0, 0.1) is 19.8 Å². The van der Waals surface area contributed by atoms with Gasteiger partial charge in [-0.1, -0.05) is 0 Å². The van der Waals surface area contributed by atoms with Crippen LogP contribution in [0.25, 0.3) is 5.78 Å². The van der Waals surface area contributed by atoms with Crippen LogP contribution < -0.4 is 10.6 Å². The molecule has 1 aliphatic carbocycles. The van der Waals surface area contributed by atoms with Crippen molar-refractivity contribution in [1.82, 2.24) is 24.1 Å². The summed E-state index contributed by atoms with van der Waals surface area (Å²) in [5.41, 5.74) is 0.942. The average Bonchev–Trinajstić information content (AvgIpc) is 3.20. The molecule has 12 heteroatoms. The Labute approximate surface area is 178 Å². The summed E-state index contributed by atoms with van der Waals surface area (Å²) in [6, 6.07) is 1.10. The fourth-order valence-electron chi connectivity index (χ4n) is 4.14. The van der Waals surface area contributed by atoms with Crippen molar-refractivity contribution in [3.05, 3.63) is 50.8 Å². The van der Waals surface area contributed by atoms with E-state index in [1.54, 1.807) is 13.8 Å². The van der Waals surface area contributed by atoms with Gasteiger partial charge >= 0.3 is 11.9 Å². The molecule has 0 bridgehead atoms. The van der Waals surface area contributed by atoms with E-state index in [1.165, 1.54) is 4.40 Å². The second-order valence-corrected chi connectivity index (χ2v) is 8.41. The molecule has 1 saturated carbocycles. The molecule has 0 aromatic carbocycles. The molecule has 1 aliphatic heterocycles. The van der Waals surface area contributed by atoms with Gasteiger partial charge in [-0.3, -0.25) is 4.98 Å². The number of nitrogens with zero attached hydrogens (tertiary/aromatic N) is 6. The molecule has 32 heavy (non-hydrogen) atoms. The van der Waals surface area contributed by atoms with Gasteiger partial charge in [0.1, 0.15) is 5.82 Å². The Morgan fingerprint density at radius 2 is 1.97 bits per heavy atom. The number of pyridine rings is 1. The lowest BCUT2D eigenvalue weighted by Gasteiger charge is -2.31. The van der Waals surface area contributed by atoms with Crippen molar-refractivity contribution in [2.24, 2.45) is 5.92 Å². The molecule has 0 N–H and O–H groups in total. The molecular weight excluding hydrogens is 435 g/mol. The normalized spacial score (nSPS) is 20.0. The van der Waals surface area contributed by atoms with Crippen molar-refractivity contribution in [2.75, 3.05) is 11.4 Å². The first-order valence-corrected chi connectivity index (χ1v) is 10.1. The second kappa shape index (κ2) is 6.72. The highest BCUT2D eigenvalue weighted by molar-refractivity contribution is 5.55. The summed E-state index contributed by atoms with van der Waals surface area (Å²) >= 11 is 0. The molecule has 3 aromatic rings. The zero-order chi connectivity index (χ0) is 23.0. The van der Waals surface area contributed by atoms with E-state index in [4.69, 9.17) is 0 Å². The van der Waals surface area contributed by atoms with Gasteiger partial charge in [0.05, 0.1) is 12.1 Å². The molecule has 1 atom stereocenters. The maximum Gasteiger partial charge on any atom is 0.417 e. The van der Waals surface area contributed by atoms with Crippen molar-refractivity contribution in [3.8, 4) is 0 Å². The lowest BCUT2D eigenvalue weighted by atomic mass is 10.0. The predicted molar refractivity (Wildman–Crippen MR) is 104 cm³/mol. The van der Waals surface area contributed by atoms with Crippen molar-refractivity contribution >= 4 is 11.6 Å². The largest absolute Gasteiger partial charge is 0.417 e. The minimum Gasteiger partial charge on any atom is -0.351 e. The Hall–Kier alpha value is -3.05. The van der Waals surface area contributed by atoms with Gasteiger partial charge in [-0.15, -0.1) is 5.10 Å². The molecule has 0 spiro atoms. The molecule has 7 nitrogen and oxygen atoms in total. The molecule has 2 aliphatic rings. The summed E-state index contributed by atoms with van der Waals surface area (Å²) in [6.45, 7) is 3.93. The Bertz CT molecular complexity index is 1290. The Morgan fingerprint density at radius 1 is 1.25 bits per heavy atom. The number of hydrogen-bond donors (Lipinski definition) is 0. The first kappa shape index (κ1) is 20.8. The Kier molecular flexibility index (Phi) is 4.38. The van der Waals surface area contributed by atoms with Gasteiger partial charge < -0.3 is 4.90 Å². The number of aromatic nitrogens is 5. The van der Waals surface area contributed by atoms with E-state index in [0.717, 1.165) is 16.9 Å². The maximum absolute atomic E-state index is 13.3. The lowest BCUT2D eigenvalue weighted by molar-refractivity contribution is -0.137. The molecule has 3 aromatic heterocycles. The zero-order valence-electron chi connectivity index (χ0n) is 17.2. The summed E-state index contributed by atoms with van der Waals surface area (Å²) in [5.74, 6) is -3.12. The SMILES string of the molecule is Cc1c(N2CCc3ncc(C(F)(F)F)cc3C2)nc2nn(CC3CC3(F)F)c(=O)n2c1C. The summed E-state index contributed by atoms with van der Waals surface area (Å²) in [5, 5.41) is 4.14. The summed E-state index contributed by atoms with van der Waals surface area (Å²) in [4.78, 5) is 23.0. The summed E-state index contributed by atoms with van der Waals surface area (Å²) in [7, 11) is 0. The molecule has 4 heterocycles. The van der Waals surface area contributed by atoms with Crippen LogP contribution in [-0.4, -0.2) is 36.6 Å². The lowest BCUT2D eigenvalue weighted by Crippen LogP contribution is -2.33. The van der Waals surface area contributed by atoms with Crippen LogP contribution in [0.1, 0.15) is 34.5 Å². The average molecular weight is 454 g/mol. The summed E-state index contributed by atoms with van der Waals surface area (Å²) in [6.07, 6.45) is -3.47. The van der Waals surface area contributed by atoms with Crippen LogP contribution in [0.4, 0.5) is 27.8 Å². The number of hydrogen-bond acceptors (Lipinski definition) is 5.